The first kappa shape index (κ1) is 25.2. The highest BCUT2D eigenvalue weighted by molar-refractivity contribution is 8.00. The topological polar surface area (TPSA) is 263 Å². The largest absolute Gasteiger partial charge is 0.490 e. The fraction of sp³-hybridized carbons (Fsp3) is 0.364. The van der Waals surface area contributed by atoms with E-state index in [1.165, 1.54) is 10.8 Å². The van der Waals surface area contributed by atoms with Crippen LogP contribution in [-0.2, 0) is 31.6 Å². The number of carbonyl (C=O) groups is 1. The van der Waals surface area contributed by atoms with E-state index in [1.54, 1.807) is 0 Å². The zero-order valence-electron chi connectivity index (χ0n) is 15.4. The lowest BCUT2D eigenvalue weighted by molar-refractivity contribution is -0.00201. The number of nitrogens with two attached hydrogens (primary N) is 1. The predicted octanol–water partition coefficient (Wildman–Crippen LogP) is 0.643. The van der Waals surface area contributed by atoms with E-state index < -0.39 is 47.7 Å². The second kappa shape index (κ2) is 9.10. The van der Waals surface area contributed by atoms with Gasteiger partial charge in [-0.2, -0.15) is 8.62 Å². The van der Waals surface area contributed by atoms with E-state index in [0.717, 1.165) is 18.1 Å². The van der Waals surface area contributed by atoms with Crippen LogP contribution in [-0.4, -0.2) is 63.0 Å². The average molecular weight is 536 g/mol. The number of ether oxygens (including phenoxy) is 1. The van der Waals surface area contributed by atoms with Crippen LogP contribution < -0.4 is 5.73 Å². The molecule has 0 aliphatic carbocycles. The lowest BCUT2D eigenvalue weighted by Gasteiger charge is -2.18. The van der Waals surface area contributed by atoms with Crippen LogP contribution in [0, 0.1) is 0 Å². The molecule has 1 fully saturated rings. The number of aromatic nitrogens is 3. The lowest BCUT2D eigenvalue weighted by atomic mass is 10.2. The number of thioether (sulfide) groups is 1. The van der Waals surface area contributed by atoms with Gasteiger partial charge in [-0.15, -0.1) is 11.8 Å². The first-order valence-electron chi connectivity index (χ1n) is 8.07. The van der Waals surface area contributed by atoms with Crippen molar-refractivity contribution >= 4 is 58.1 Å². The number of phosphoric acid groups is 3. The van der Waals surface area contributed by atoms with Gasteiger partial charge < -0.3 is 39.7 Å². The molecule has 1 saturated heterocycles. The quantitative estimate of drug-likeness (QED) is 0.240. The van der Waals surface area contributed by atoms with Gasteiger partial charge in [0.1, 0.15) is 29.5 Å². The van der Waals surface area contributed by atoms with Crippen molar-refractivity contribution in [3.05, 3.63) is 18.1 Å². The number of fused-ring (bicyclic) bond motifs is 1. The summed E-state index contributed by atoms with van der Waals surface area (Å²) in [7, 11) is -16.4. The molecule has 4 atom stereocenters. The Morgan fingerprint density at radius 3 is 2.53 bits per heavy atom. The zero-order chi connectivity index (χ0) is 23.9. The normalized spacial score (nSPS) is 23.1. The van der Waals surface area contributed by atoms with Gasteiger partial charge in [-0.05, 0) is 0 Å². The van der Waals surface area contributed by atoms with E-state index >= 15 is 0 Å². The van der Waals surface area contributed by atoms with Crippen LogP contribution in [0.25, 0.3) is 11.0 Å². The van der Waals surface area contributed by atoms with Crippen LogP contribution in [0.1, 0.15) is 16.6 Å². The summed E-state index contributed by atoms with van der Waals surface area (Å²) >= 11 is 1.08. The number of anilines is 1. The Bertz CT molecular complexity index is 1180. The molecule has 3 heterocycles. The molecule has 0 spiro atoms. The second-order valence-corrected chi connectivity index (χ2v) is 11.6. The minimum atomic E-state index is -5.63. The van der Waals surface area contributed by atoms with Gasteiger partial charge in [-0.1, -0.05) is 0 Å². The summed E-state index contributed by atoms with van der Waals surface area (Å²) in [6.45, 7) is -0.660. The highest BCUT2D eigenvalue weighted by Crippen LogP contribution is 2.66. The minimum Gasteiger partial charge on any atom is -0.478 e. The number of nitrogen functional groups attached to an aromatic ring is 1. The Morgan fingerprint density at radius 1 is 1.22 bits per heavy atom. The van der Waals surface area contributed by atoms with Crippen molar-refractivity contribution in [1.29, 1.82) is 0 Å². The van der Waals surface area contributed by atoms with Gasteiger partial charge in [0.2, 0.25) is 0 Å². The number of carboxylic acid groups (broad SMARTS) is 1. The summed E-state index contributed by atoms with van der Waals surface area (Å²) < 4.78 is 52.5. The molecule has 2 aromatic rings. The number of hydrogen-bond donors (Lipinski definition) is 6. The van der Waals surface area contributed by atoms with Gasteiger partial charge in [-0.3, -0.25) is 4.52 Å². The summed E-state index contributed by atoms with van der Waals surface area (Å²) in [6.07, 6.45) is 1.59. The molecule has 32 heavy (non-hydrogen) atoms. The van der Waals surface area contributed by atoms with E-state index in [2.05, 4.69) is 23.1 Å². The molecule has 0 aromatic carbocycles. The Balaban J connectivity index is 1.67. The summed E-state index contributed by atoms with van der Waals surface area (Å²) in [6, 6.07) is 0. The van der Waals surface area contributed by atoms with Gasteiger partial charge in [0, 0.05) is 11.9 Å². The lowest BCUT2D eigenvalue weighted by Crippen LogP contribution is -2.15. The Hall–Kier alpha value is -1.39. The molecule has 178 valence electrons. The third-order valence-electron chi connectivity index (χ3n) is 3.70. The van der Waals surface area contributed by atoms with Gasteiger partial charge >= 0.3 is 29.4 Å². The third kappa shape index (κ3) is 6.14. The molecule has 0 saturated carbocycles. The molecule has 0 bridgehead atoms. The van der Waals surface area contributed by atoms with Crippen LogP contribution in [0.5, 0.6) is 0 Å². The van der Waals surface area contributed by atoms with Crippen molar-refractivity contribution in [3.63, 3.8) is 0 Å². The minimum absolute atomic E-state index is 0.0546. The Morgan fingerprint density at radius 2 is 1.91 bits per heavy atom. The van der Waals surface area contributed by atoms with Crippen molar-refractivity contribution in [1.82, 2.24) is 14.5 Å². The Labute approximate surface area is 181 Å². The van der Waals surface area contributed by atoms with Gasteiger partial charge in [0.25, 0.3) is 0 Å². The monoisotopic (exact) mass is 536 g/mol. The maximum absolute atomic E-state index is 11.8. The first-order valence-corrected chi connectivity index (χ1v) is 13.6. The van der Waals surface area contributed by atoms with Crippen LogP contribution >= 0.6 is 35.2 Å². The van der Waals surface area contributed by atoms with E-state index in [9.17, 15) is 28.5 Å². The number of aromatic carboxylic acids is 1. The van der Waals surface area contributed by atoms with Crippen molar-refractivity contribution in [2.24, 2.45) is 0 Å². The van der Waals surface area contributed by atoms with Crippen molar-refractivity contribution in [2.45, 2.75) is 11.7 Å². The highest BCUT2D eigenvalue weighted by Gasteiger charge is 2.41. The summed E-state index contributed by atoms with van der Waals surface area (Å²) in [5.41, 5.74) is 4.84. The molecule has 0 radical (unpaired) electrons. The fourth-order valence-corrected chi connectivity index (χ4v) is 6.73. The van der Waals surface area contributed by atoms with Crippen LogP contribution in [0.3, 0.4) is 0 Å². The van der Waals surface area contributed by atoms with Crippen molar-refractivity contribution in [2.75, 3.05) is 18.1 Å². The van der Waals surface area contributed by atoms with Gasteiger partial charge in [0.15, 0.2) is 0 Å². The number of nitrogens with zero attached hydrogens (tertiary/aromatic N) is 3. The van der Waals surface area contributed by atoms with Gasteiger partial charge in [-0.25, -0.2) is 28.5 Å². The maximum atomic E-state index is 11.8. The first-order chi connectivity index (χ1) is 14.7. The van der Waals surface area contributed by atoms with E-state index in [0.29, 0.717) is 0 Å². The van der Waals surface area contributed by atoms with Crippen LogP contribution in [0.2, 0.25) is 0 Å². The summed E-state index contributed by atoms with van der Waals surface area (Å²) in [5.74, 6) is -1.11. The predicted molar refractivity (Wildman–Crippen MR) is 105 cm³/mol. The third-order valence-corrected chi connectivity index (χ3v) is 8.60. The maximum Gasteiger partial charge on any atom is 0.490 e. The molecular formula is C11H15N4O13P3S. The molecular weight excluding hydrogens is 521 g/mol. The number of phosphoric ester groups is 1. The molecule has 1 aliphatic rings. The van der Waals surface area contributed by atoms with Crippen LogP contribution in [0.4, 0.5) is 5.82 Å². The molecule has 17 nitrogen and oxygen atoms in total. The average Bonchev–Trinajstić information content (AvgIpc) is 3.22. The van der Waals surface area contributed by atoms with Crippen molar-refractivity contribution in [3.8, 4) is 0 Å². The molecule has 2 unspecified atom stereocenters. The molecule has 1 aliphatic heterocycles. The van der Waals surface area contributed by atoms with E-state index in [-0.39, 0.29) is 28.2 Å². The molecule has 21 heteroatoms. The summed E-state index contributed by atoms with van der Waals surface area (Å²) in [5, 5.41) is 9.49. The highest BCUT2D eigenvalue weighted by atomic mass is 32.2. The number of carboxylic acids is 1. The molecule has 2 aromatic heterocycles. The fourth-order valence-electron chi connectivity index (χ4n) is 2.63. The Kier molecular flexibility index (Phi) is 7.18. The second-order valence-electron chi connectivity index (χ2n) is 5.95. The number of rotatable bonds is 9. The zero-order valence-corrected chi connectivity index (χ0v) is 18.9. The standard InChI is InChI=1S/C11H15N4O13P3S/c12-9-8-5(11(16)17)1-15(10(8)14-4-13-9)6-3-32-7(26-6)2-25-30(21,22)28-31(23,24)27-29(18,19)20/h1,4,6-7H,2-3H2,(H,16,17)(H,21,22)(H,23,24)(H2,12,13,14)(H2,18,19,20)/t6-,7+/m1/s1. The van der Waals surface area contributed by atoms with E-state index in [1.807, 2.05) is 0 Å². The van der Waals surface area contributed by atoms with Crippen molar-refractivity contribution < 1.29 is 61.1 Å². The van der Waals surface area contributed by atoms with Gasteiger partial charge in [0.05, 0.1) is 17.6 Å². The summed E-state index contributed by atoms with van der Waals surface area (Å²) in [4.78, 5) is 54.9. The smallest absolute Gasteiger partial charge is 0.478 e. The van der Waals surface area contributed by atoms with Crippen LogP contribution in [0.15, 0.2) is 12.5 Å². The molecule has 3 rings (SSSR count). The number of hydrogen-bond acceptors (Lipinski definition) is 12. The SMILES string of the molecule is Nc1ncnc2c1c(C(=O)O)cn2[C@H]1CS[C@@H](COP(=O)(O)OP(=O)(O)OP(=O)(O)O)O1. The van der Waals surface area contributed by atoms with E-state index in [4.69, 9.17) is 25.2 Å². The molecule has 7 N–H and O–H groups in total. The molecule has 0 amide bonds.